The third-order valence-electron chi connectivity index (χ3n) is 3.90. The molecule has 0 radical (unpaired) electrons. The SMILES string of the molecule is COc1ccc(N(Cc2cccnc2)c2ccc(O)cc2)cc1OC. The number of aromatic hydroxyl groups is 1. The fraction of sp³-hybridized carbons (Fsp3) is 0.150. The van der Waals surface area contributed by atoms with Crippen LogP contribution in [0.3, 0.4) is 0 Å². The Balaban J connectivity index is 2.02. The molecule has 1 heterocycles. The van der Waals surface area contributed by atoms with Crippen molar-refractivity contribution in [1.82, 2.24) is 4.98 Å². The normalized spacial score (nSPS) is 10.3. The zero-order chi connectivity index (χ0) is 17.6. The maximum absolute atomic E-state index is 9.58. The molecule has 0 amide bonds. The van der Waals surface area contributed by atoms with Crippen molar-refractivity contribution >= 4 is 11.4 Å². The van der Waals surface area contributed by atoms with Crippen LogP contribution in [0.15, 0.2) is 67.0 Å². The summed E-state index contributed by atoms with van der Waals surface area (Å²) in [6, 6.07) is 16.8. The van der Waals surface area contributed by atoms with Crippen LogP contribution in [0.4, 0.5) is 11.4 Å². The van der Waals surface area contributed by atoms with Gasteiger partial charge in [0.2, 0.25) is 0 Å². The number of hydrogen-bond donors (Lipinski definition) is 1. The molecule has 0 fully saturated rings. The maximum Gasteiger partial charge on any atom is 0.162 e. The fourth-order valence-corrected chi connectivity index (χ4v) is 2.63. The largest absolute Gasteiger partial charge is 0.508 e. The number of nitrogens with zero attached hydrogens (tertiary/aromatic N) is 2. The highest BCUT2D eigenvalue weighted by Crippen LogP contribution is 2.35. The summed E-state index contributed by atoms with van der Waals surface area (Å²) in [5.74, 6) is 1.57. The lowest BCUT2D eigenvalue weighted by Crippen LogP contribution is -2.16. The Morgan fingerprint density at radius 3 is 2.28 bits per heavy atom. The van der Waals surface area contributed by atoms with Gasteiger partial charge in [-0.15, -0.1) is 0 Å². The molecule has 2 aromatic carbocycles. The van der Waals surface area contributed by atoms with Crippen molar-refractivity contribution in [2.45, 2.75) is 6.54 Å². The lowest BCUT2D eigenvalue weighted by atomic mass is 10.1. The van der Waals surface area contributed by atoms with Gasteiger partial charge >= 0.3 is 0 Å². The Morgan fingerprint density at radius 1 is 0.920 bits per heavy atom. The molecule has 0 saturated heterocycles. The van der Waals surface area contributed by atoms with E-state index in [9.17, 15) is 5.11 Å². The molecule has 3 aromatic rings. The van der Waals surface area contributed by atoms with Gasteiger partial charge in [0.05, 0.1) is 14.2 Å². The topological polar surface area (TPSA) is 54.8 Å². The van der Waals surface area contributed by atoms with E-state index in [2.05, 4.69) is 9.88 Å². The predicted octanol–water partition coefficient (Wildman–Crippen LogP) is 4.14. The molecule has 25 heavy (non-hydrogen) atoms. The van der Waals surface area contributed by atoms with E-state index in [4.69, 9.17) is 9.47 Å². The summed E-state index contributed by atoms with van der Waals surface area (Å²) in [5, 5.41) is 9.58. The second-order valence-electron chi connectivity index (χ2n) is 5.50. The summed E-state index contributed by atoms with van der Waals surface area (Å²) in [5.41, 5.74) is 2.98. The first kappa shape index (κ1) is 16.6. The molecule has 0 aliphatic carbocycles. The van der Waals surface area contributed by atoms with Crippen molar-refractivity contribution in [3.8, 4) is 17.2 Å². The molecule has 0 aliphatic rings. The summed E-state index contributed by atoms with van der Waals surface area (Å²) in [6.07, 6.45) is 3.60. The van der Waals surface area contributed by atoms with Gasteiger partial charge in [-0.1, -0.05) is 6.07 Å². The molecule has 0 aliphatic heterocycles. The Labute approximate surface area is 147 Å². The van der Waals surface area contributed by atoms with Gasteiger partial charge in [0.25, 0.3) is 0 Å². The second-order valence-corrected chi connectivity index (χ2v) is 5.50. The third kappa shape index (κ3) is 3.83. The first-order valence-corrected chi connectivity index (χ1v) is 7.89. The number of ether oxygens (including phenoxy) is 2. The second kappa shape index (κ2) is 7.57. The summed E-state index contributed by atoms with van der Waals surface area (Å²) >= 11 is 0. The van der Waals surface area contributed by atoms with Gasteiger partial charge in [-0.3, -0.25) is 4.98 Å². The number of phenols is 1. The van der Waals surface area contributed by atoms with Crippen LogP contribution in [0.2, 0.25) is 0 Å². The number of hydrogen-bond acceptors (Lipinski definition) is 5. The molecule has 1 aromatic heterocycles. The number of anilines is 2. The molecule has 5 nitrogen and oxygen atoms in total. The number of phenolic OH excluding ortho intramolecular Hbond substituents is 1. The lowest BCUT2D eigenvalue weighted by molar-refractivity contribution is 0.355. The van der Waals surface area contributed by atoms with E-state index in [1.54, 1.807) is 32.5 Å². The minimum atomic E-state index is 0.234. The molecular formula is C20H20N2O3. The minimum Gasteiger partial charge on any atom is -0.508 e. The molecular weight excluding hydrogens is 316 g/mol. The summed E-state index contributed by atoms with van der Waals surface area (Å²) < 4.78 is 10.8. The molecule has 128 valence electrons. The van der Waals surface area contributed by atoms with Crippen LogP contribution >= 0.6 is 0 Å². The van der Waals surface area contributed by atoms with Gasteiger partial charge in [0.15, 0.2) is 11.5 Å². The molecule has 5 heteroatoms. The van der Waals surface area contributed by atoms with Crippen molar-refractivity contribution in [2.75, 3.05) is 19.1 Å². The van der Waals surface area contributed by atoms with E-state index in [-0.39, 0.29) is 5.75 Å². The van der Waals surface area contributed by atoms with E-state index in [0.29, 0.717) is 18.0 Å². The van der Waals surface area contributed by atoms with Crippen molar-refractivity contribution in [3.05, 3.63) is 72.6 Å². The monoisotopic (exact) mass is 336 g/mol. The van der Waals surface area contributed by atoms with Gasteiger partial charge in [0.1, 0.15) is 5.75 Å². The highest BCUT2D eigenvalue weighted by molar-refractivity contribution is 5.67. The molecule has 0 saturated carbocycles. The number of pyridine rings is 1. The number of benzene rings is 2. The highest BCUT2D eigenvalue weighted by Gasteiger charge is 2.14. The molecule has 0 unspecified atom stereocenters. The molecule has 0 atom stereocenters. The number of methoxy groups -OCH3 is 2. The van der Waals surface area contributed by atoms with E-state index >= 15 is 0 Å². The predicted molar refractivity (Wildman–Crippen MR) is 97.7 cm³/mol. The summed E-state index contributed by atoms with van der Waals surface area (Å²) in [4.78, 5) is 6.31. The molecule has 0 bridgehead atoms. The van der Waals surface area contributed by atoms with Crippen LogP contribution in [-0.2, 0) is 6.54 Å². The molecule has 1 N–H and O–H groups in total. The van der Waals surface area contributed by atoms with Crippen molar-refractivity contribution < 1.29 is 14.6 Å². The van der Waals surface area contributed by atoms with Crippen LogP contribution < -0.4 is 14.4 Å². The Bertz CT molecular complexity index is 820. The summed E-state index contributed by atoms with van der Waals surface area (Å²) in [6.45, 7) is 0.633. The minimum absolute atomic E-state index is 0.234. The van der Waals surface area contributed by atoms with Crippen molar-refractivity contribution in [3.63, 3.8) is 0 Å². The van der Waals surface area contributed by atoms with Gasteiger partial charge in [0, 0.05) is 36.4 Å². The highest BCUT2D eigenvalue weighted by atomic mass is 16.5. The smallest absolute Gasteiger partial charge is 0.162 e. The van der Waals surface area contributed by atoms with Crippen LogP contribution in [0, 0.1) is 0 Å². The number of aromatic nitrogens is 1. The first-order valence-electron chi connectivity index (χ1n) is 7.89. The van der Waals surface area contributed by atoms with Gasteiger partial charge in [-0.2, -0.15) is 0 Å². The van der Waals surface area contributed by atoms with Crippen LogP contribution in [0.5, 0.6) is 17.2 Å². The van der Waals surface area contributed by atoms with E-state index in [0.717, 1.165) is 16.9 Å². The summed E-state index contributed by atoms with van der Waals surface area (Å²) in [7, 11) is 3.23. The van der Waals surface area contributed by atoms with Gasteiger partial charge < -0.3 is 19.5 Å². The third-order valence-corrected chi connectivity index (χ3v) is 3.90. The fourth-order valence-electron chi connectivity index (χ4n) is 2.63. The van der Waals surface area contributed by atoms with E-state index in [1.807, 2.05) is 48.7 Å². The van der Waals surface area contributed by atoms with Crippen LogP contribution in [-0.4, -0.2) is 24.3 Å². The average molecular weight is 336 g/mol. The Morgan fingerprint density at radius 2 is 1.64 bits per heavy atom. The quantitative estimate of drug-likeness (QED) is 0.733. The van der Waals surface area contributed by atoms with E-state index < -0.39 is 0 Å². The van der Waals surface area contributed by atoms with Crippen LogP contribution in [0.25, 0.3) is 0 Å². The lowest BCUT2D eigenvalue weighted by Gasteiger charge is -2.26. The Hall–Kier alpha value is -3.21. The van der Waals surface area contributed by atoms with Gasteiger partial charge in [-0.05, 0) is 48.0 Å². The molecule has 0 spiro atoms. The zero-order valence-electron chi connectivity index (χ0n) is 14.2. The molecule has 3 rings (SSSR count). The van der Waals surface area contributed by atoms with Gasteiger partial charge in [-0.25, -0.2) is 0 Å². The maximum atomic E-state index is 9.58. The Kier molecular flexibility index (Phi) is 5.04. The average Bonchev–Trinajstić information content (AvgIpc) is 2.67. The van der Waals surface area contributed by atoms with E-state index in [1.165, 1.54) is 0 Å². The van der Waals surface area contributed by atoms with Crippen molar-refractivity contribution in [2.24, 2.45) is 0 Å². The van der Waals surface area contributed by atoms with Crippen molar-refractivity contribution in [1.29, 1.82) is 0 Å². The zero-order valence-corrected chi connectivity index (χ0v) is 14.2. The van der Waals surface area contributed by atoms with Crippen LogP contribution in [0.1, 0.15) is 5.56 Å². The standard InChI is InChI=1S/C20H20N2O3/c1-24-19-10-7-17(12-20(19)25-2)22(14-15-4-3-11-21-13-15)16-5-8-18(23)9-6-16/h3-13,23H,14H2,1-2H3. The number of rotatable bonds is 6. The first-order chi connectivity index (χ1) is 12.2.